The molecule has 1 atom stereocenters. The van der Waals surface area contributed by atoms with Gasteiger partial charge in [-0.25, -0.2) is 4.79 Å². The van der Waals surface area contributed by atoms with Crippen LogP contribution in [0.15, 0.2) is 15.9 Å². The number of likely N-dealkylation sites (N-methyl/N-ethyl adjacent to an activating group) is 1. The zero-order valence-corrected chi connectivity index (χ0v) is 10.9. The van der Waals surface area contributed by atoms with Crippen molar-refractivity contribution >= 4 is 39.1 Å². The van der Waals surface area contributed by atoms with E-state index in [1.165, 1.54) is 23.3 Å². The van der Waals surface area contributed by atoms with E-state index in [1.54, 1.807) is 0 Å². The summed E-state index contributed by atoms with van der Waals surface area (Å²) in [5.74, 6) is -1.92. The average molecular weight is 307 g/mol. The van der Waals surface area contributed by atoms with Crippen LogP contribution in [0.5, 0.6) is 0 Å². The number of hydrogen-bond acceptors (Lipinski definition) is 4. The van der Waals surface area contributed by atoms with Crippen LogP contribution in [0.25, 0.3) is 0 Å². The van der Waals surface area contributed by atoms with E-state index in [4.69, 9.17) is 10.8 Å². The number of carbonyl (C=O) groups excluding carboxylic acids is 1. The predicted molar refractivity (Wildman–Crippen MR) is 64.1 cm³/mol. The molecule has 1 aromatic rings. The smallest absolute Gasteiger partial charge is 0.330 e. The van der Waals surface area contributed by atoms with E-state index >= 15 is 0 Å². The van der Waals surface area contributed by atoms with Crippen LogP contribution < -0.4 is 5.73 Å². The molecule has 0 aliphatic heterocycles. The molecule has 0 aliphatic carbocycles. The molecule has 0 radical (unpaired) electrons. The van der Waals surface area contributed by atoms with Gasteiger partial charge in [-0.2, -0.15) is 0 Å². The molecule has 5 nitrogen and oxygen atoms in total. The molecule has 0 spiro atoms. The first kappa shape index (κ1) is 13.1. The van der Waals surface area contributed by atoms with Gasteiger partial charge in [0.1, 0.15) is 0 Å². The van der Waals surface area contributed by atoms with Crippen LogP contribution in [0.4, 0.5) is 0 Å². The fourth-order valence-corrected chi connectivity index (χ4v) is 2.63. The second kappa shape index (κ2) is 5.42. The van der Waals surface area contributed by atoms with Gasteiger partial charge < -0.3 is 15.7 Å². The third-order valence-electron chi connectivity index (χ3n) is 1.93. The number of thiophene rings is 1. The van der Waals surface area contributed by atoms with Gasteiger partial charge in [-0.05, 0) is 28.1 Å². The van der Waals surface area contributed by atoms with Crippen LogP contribution in [-0.2, 0) is 16.1 Å². The fourth-order valence-electron chi connectivity index (χ4n) is 1.09. The van der Waals surface area contributed by atoms with Crippen LogP contribution in [0.2, 0.25) is 0 Å². The number of nitrogens with two attached hydrogens (primary N) is 1. The molecule has 1 aromatic heterocycles. The first-order chi connectivity index (χ1) is 7.41. The Morgan fingerprint density at radius 2 is 2.25 bits per heavy atom. The summed E-state index contributed by atoms with van der Waals surface area (Å²) in [5.41, 5.74) is 5.22. The van der Waals surface area contributed by atoms with Gasteiger partial charge in [0, 0.05) is 11.9 Å². The predicted octanol–water partition coefficient (Wildman–Crippen LogP) is 0.881. The van der Waals surface area contributed by atoms with Crippen LogP contribution >= 0.6 is 27.3 Å². The van der Waals surface area contributed by atoms with Crippen LogP contribution in [0.3, 0.4) is 0 Å². The molecule has 3 N–H and O–H groups in total. The number of carboxylic acid groups (broad SMARTS) is 1. The molecular formula is C9H11BrN2O3S. The number of carboxylic acids is 1. The van der Waals surface area contributed by atoms with Crippen LogP contribution in [-0.4, -0.2) is 35.0 Å². The molecule has 16 heavy (non-hydrogen) atoms. The van der Waals surface area contributed by atoms with E-state index in [9.17, 15) is 9.59 Å². The quantitative estimate of drug-likeness (QED) is 0.809. The van der Waals surface area contributed by atoms with Crippen molar-refractivity contribution in [3.8, 4) is 0 Å². The zero-order chi connectivity index (χ0) is 12.3. The lowest BCUT2D eigenvalue weighted by Crippen LogP contribution is -2.46. The highest BCUT2D eigenvalue weighted by molar-refractivity contribution is 9.11. The van der Waals surface area contributed by atoms with Crippen molar-refractivity contribution in [3.63, 3.8) is 0 Å². The molecule has 1 amide bonds. The highest BCUT2D eigenvalue weighted by atomic mass is 79.9. The van der Waals surface area contributed by atoms with Gasteiger partial charge in [-0.3, -0.25) is 4.79 Å². The third kappa shape index (κ3) is 3.29. The van der Waals surface area contributed by atoms with E-state index in [1.807, 2.05) is 12.1 Å². The van der Waals surface area contributed by atoms with Gasteiger partial charge in [0.05, 0.1) is 10.3 Å². The Hall–Kier alpha value is -0.920. The molecule has 0 aromatic carbocycles. The standard InChI is InChI=1S/C9H11BrN2O3S/c1-12(8(13)7(11)9(14)15)4-5-2-3-6(10)16-5/h2-3,7H,4,11H2,1H3,(H,14,15). The zero-order valence-electron chi connectivity index (χ0n) is 8.51. The van der Waals surface area contributed by atoms with Crippen LogP contribution in [0.1, 0.15) is 4.88 Å². The van der Waals surface area contributed by atoms with E-state index in [0.29, 0.717) is 6.54 Å². The molecule has 1 unspecified atom stereocenters. The maximum atomic E-state index is 11.5. The lowest BCUT2D eigenvalue weighted by atomic mass is 10.3. The molecule has 88 valence electrons. The van der Waals surface area contributed by atoms with E-state index in [2.05, 4.69) is 15.9 Å². The van der Waals surface area contributed by atoms with Crippen LogP contribution in [0, 0.1) is 0 Å². The van der Waals surface area contributed by atoms with Crippen molar-refractivity contribution in [2.45, 2.75) is 12.6 Å². The molecule has 1 rings (SSSR count). The average Bonchev–Trinajstić information content (AvgIpc) is 2.61. The first-order valence-corrected chi connectivity index (χ1v) is 6.00. The summed E-state index contributed by atoms with van der Waals surface area (Å²) in [6, 6.07) is 2.24. The Kier molecular flexibility index (Phi) is 4.45. The topological polar surface area (TPSA) is 83.6 Å². The molecule has 0 aliphatic rings. The summed E-state index contributed by atoms with van der Waals surface area (Å²) >= 11 is 4.80. The van der Waals surface area contributed by atoms with Gasteiger partial charge in [-0.1, -0.05) is 0 Å². The fraction of sp³-hybridized carbons (Fsp3) is 0.333. The molecule has 0 bridgehead atoms. The largest absolute Gasteiger partial charge is 0.480 e. The summed E-state index contributed by atoms with van der Waals surface area (Å²) in [7, 11) is 1.53. The number of carbonyl (C=O) groups is 2. The van der Waals surface area contributed by atoms with E-state index < -0.39 is 17.9 Å². The highest BCUT2D eigenvalue weighted by Gasteiger charge is 2.24. The first-order valence-electron chi connectivity index (χ1n) is 4.39. The Bertz CT molecular complexity index is 407. The Morgan fingerprint density at radius 1 is 1.62 bits per heavy atom. The number of halogens is 1. The van der Waals surface area contributed by atoms with Crippen molar-refractivity contribution in [1.29, 1.82) is 0 Å². The Labute approximate surface area is 105 Å². The monoisotopic (exact) mass is 306 g/mol. The molecule has 0 saturated heterocycles. The van der Waals surface area contributed by atoms with Crippen molar-refractivity contribution in [1.82, 2.24) is 4.90 Å². The molecular weight excluding hydrogens is 296 g/mol. The lowest BCUT2D eigenvalue weighted by molar-refractivity contribution is -0.146. The molecule has 0 fully saturated rings. The second-order valence-electron chi connectivity index (χ2n) is 3.22. The minimum atomic E-state index is -1.49. The van der Waals surface area contributed by atoms with Crippen molar-refractivity contribution in [2.75, 3.05) is 7.05 Å². The van der Waals surface area contributed by atoms with Gasteiger partial charge in [0.25, 0.3) is 5.91 Å². The number of hydrogen-bond donors (Lipinski definition) is 2. The third-order valence-corrected chi connectivity index (χ3v) is 3.54. The minimum Gasteiger partial charge on any atom is -0.480 e. The number of nitrogens with zero attached hydrogens (tertiary/aromatic N) is 1. The van der Waals surface area contributed by atoms with Crippen molar-refractivity contribution < 1.29 is 14.7 Å². The maximum absolute atomic E-state index is 11.5. The summed E-state index contributed by atoms with van der Waals surface area (Å²) in [6.07, 6.45) is 0. The number of aliphatic carboxylic acids is 1. The second-order valence-corrected chi connectivity index (χ2v) is 5.76. The minimum absolute atomic E-state index is 0.357. The molecule has 7 heteroatoms. The van der Waals surface area contributed by atoms with Gasteiger partial charge in [-0.15, -0.1) is 11.3 Å². The van der Waals surface area contributed by atoms with Gasteiger partial charge in [0.15, 0.2) is 6.04 Å². The van der Waals surface area contributed by atoms with E-state index in [-0.39, 0.29) is 0 Å². The Balaban J connectivity index is 2.62. The lowest BCUT2D eigenvalue weighted by Gasteiger charge is -2.18. The number of amides is 1. The van der Waals surface area contributed by atoms with Crippen molar-refractivity contribution in [2.24, 2.45) is 5.73 Å². The van der Waals surface area contributed by atoms with E-state index in [0.717, 1.165) is 8.66 Å². The Morgan fingerprint density at radius 3 is 2.69 bits per heavy atom. The normalized spacial score (nSPS) is 12.2. The maximum Gasteiger partial charge on any atom is 0.330 e. The van der Waals surface area contributed by atoms with Gasteiger partial charge >= 0.3 is 5.97 Å². The SMILES string of the molecule is CN(Cc1ccc(Br)s1)C(=O)C(N)C(=O)O. The molecule has 1 heterocycles. The summed E-state index contributed by atoms with van der Waals surface area (Å²) in [5, 5.41) is 8.59. The highest BCUT2D eigenvalue weighted by Crippen LogP contribution is 2.23. The molecule has 0 saturated carbocycles. The number of rotatable bonds is 4. The summed E-state index contributed by atoms with van der Waals surface area (Å²) in [6.45, 7) is 0.357. The summed E-state index contributed by atoms with van der Waals surface area (Å²) in [4.78, 5) is 24.3. The van der Waals surface area contributed by atoms with Gasteiger partial charge in [0.2, 0.25) is 0 Å². The van der Waals surface area contributed by atoms with Crippen molar-refractivity contribution in [3.05, 3.63) is 20.8 Å². The summed E-state index contributed by atoms with van der Waals surface area (Å²) < 4.78 is 0.964.